The van der Waals surface area contributed by atoms with E-state index in [1.165, 1.54) is 19.5 Å². The van der Waals surface area contributed by atoms with E-state index in [2.05, 4.69) is 14.7 Å². The number of ether oxygens (including phenoxy) is 2. The van der Waals surface area contributed by atoms with Crippen LogP contribution in [-0.4, -0.2) is 23.0 Å². The summed E-state index contributed by atoms with van der Waals surface area (Å²) in [7, 11) is 1.28. The van der Waals surface area contributed by atoms with Gasteiger partial charge in [0.25, 0.3) is 0 Å². The zero-order valence-corrected chi connectivity index (χ0v) is 10.4. The van der Waals surface area contributed by atoms with E-state index in [4.69, 9.17) is 10.5 Å². The number of nitrogens with zero attached hydrogens (tertiary/aromatic N) is 2. The third-order valence-electron chi connectivity index (χ3n) is 2.39. The highest BCUT2D eigenvalue weighted by Crippen LogP contribution is 2.19. The van der Waals surface area contributed by atoms with Crippen LogP contribution >= 0.6 is 0 Å². The molecule has 0 aliphatic carbocycles. The van der Waals surface area contributed by atoms with Gasteiger partial charge in [0, 0.05) is 6.54 Å². The third kappa shape index (κ3) is 3.26. The van der Waals surface area contributed by atoms with Crippen molar-refractivity contribution in [1.29, 1.82) is 0 Å². The van der Waals surface area contributed by atoms with E-state index in [0.717, 1.165) is 5.56 Å². The summed E-state index contributed by atoms with van der Waals surface area (Å²) in [5.41, 5.74) is 6.60. The first-order chi connectivity index (χ1) is 9.22. The lowest BCUT2D eigenvalue weighted by Crippen LogP contribution is -2.05. The molecule has 0 bridgehead atoms. The maximum atomic E-state index is 11.3. The Hall–Kier alpha value is -2.47. The number of esters is 1. The van der Waals surface area contributed by atoms with E-state index in [9.17, 15) is 4.79 Å². The van der Waals surface area contributed by atoms with Crippen molar-refractivity contribution < 1.29 is 14.3 Å². The molecule has 0 aliphatic heterocycles. The number of carbonyl (C=O) groups is 1. The van der Waals surface area contributed by atoms with Crippen LogP contribution in [0.3, 0.4) is 0 Å². The molecule has 0 spiro atoms. The molecule has 0 amide bonds. The Labute approximate surface area is 110 Å². The van der Waals surface area contributed by atoms with Crippen LogP contribution in [0, 0.1) is 0 Å². The Kier molecular flexibility index (Phi) is 4.04. The van der Waals surface area contributed by atoms with Gasteiger partial charge in [-0.05, 0) is 17.7 Å². The lowest BCUT2D eigenvalue weighted by atomic mass is 10.2. The summed E-state index contributed by atoms with van der Waals surface area (Å²) in [4.78, 5) is 19.2. The summed E-state index contributed by atoms with van der Waals surface area (Å²) >= 11 is 0. The standard InChI is InChI=1S/C13H13N3O3/c1-18-13(17)11-7-15-8-12(16-11)19-10-4-2-9(6-14)3-5-10/h2-5,7-8H,6,14H2,1H3. The number of nitrogens with two attached hydrogens (primary N) is 1. The van der Waals surface area contributed by atoms with Crippen molar-refractivity contribution in [2.24, 2.45) is 5.73 Å². The molecule has 0 saturated heterocycles. The van der Waals surface area contributed by atoms with Crippen molar-refractivity contribution >= 4 is 5.97 Å². The SMILES string of the molecule is COC(=O)c1cncc(Oc2ccc(CN)cc2)n1. The van der Waals surface area contributed by atoms with Crippen molar-refractivity contribution in [3.05, 3.63) is 47.9 Å². The molecule has 1 aromatic heterocycles. The van der Waals surface area contributed by atoms with E-state index in [1.54, 1.807) is 12.1 Å². The van der Waals surface area contributed by atoms with E-state index in [-0.39, 0.29) is 11.6 Å². The van der Waals surface area contributed by atoms with Gasteiger partial charge in [0.05, 0.1) is 19.5 Å². The van der Waals surface area contributed by atoms with Crippen LogP contribution in [-0.2, 0) is 11.3 Å². The first-order valence-electron chi connectivity index (χ1n) is 5.60. The van der Waals surface area contributed by atoms with Crippen molar-refractivity contribution in [3.8, 4) is 11.6 Å². The minimum atomic E-state index is -0.559. The maximum absolute atomic E-state index is 11.3. The molecule has 0 atom stereocenters. The summed E-state index contributed by atoms with van der Waals surface area (Å²) in [6.07, 6.45) is 2.74. The molecule has 0 aliphatic rings. The number of aromatic nitrogens is 2. The van der Waals surface area contributed by atoms with Gasteiger partial charge >= 0.3 is 5.97 Å². The first-order valence-corrected chi connectivity index (χ1v) is 5.60. The van der Waals surface area contributed by atoms with Crippen molar-refractivity contribution in [2.45, 2.75) is 6.54 Å². The largest absolute Gasteiger partial charge is 0.464 e. The minimum absolute atomic E-state index is 0.0959. The Balaban J connectivity index is 2.16. The zero-order chi connectivity index (χ0) is 13.7. The average Bonchev–Trinajstić information content (AvgIpc) is 2.47. The fraction of sp³-hybridized carbons (Fsp3) is 0.154. The molecular weight excluding hydrogens is 246 g/mol. The molecule has 0 saturated carbocycles. The molecular formula is C13H13N3O3. The number of carbonyl (C=O) groups excluding carboxylic acids is 1. The molecule has 2 aromatic rings. The molecule has 6 heteroatoms. The van der Waals surface area contributed by atoms with Crippen LogP contribution in [0.4, 0.5) is 0 Å². The number of methoxy groups -OCH3 is 1. The molecule has 0 unspecified atom stereocenters. The first kappa shape index (κ1) is 13.0. The molecule has 1 heterocycles. The molecule has 19 heavy (non-hydrogen) atoms. The second kappa shape index (κ2) is 5.92. The summed E-state index contributed by atoms with van der Waals surface area (Å²) in [6, 6.07) is 7.25. The predicted molar refractivity (Wildman–Crippen MR) is 67.8 cm³/mol. The zero-order valence-electron chi connectivity index (χ0n) is 10.4. The fourth-order valence-electron chi connectivity index (χ4n) is 1.41. The van der Waals surface area contributed by atoms with Gasteiger partial charge < -0.3 is 15.2 Å². The quantitative estimate of drug-likeness (QED) is 0.837. The van der Waals surface area contributed by atoms with Gasteiger partial charge in [0.2, 0.25) is 5.88 Å². The fourth-order valence-corrected chi connectivity index (χ4v) is 1.41. The van der Waals surface area contributed by atoms with Gasteiger partial charge in [-0.25, -0.2) is 9.78 Å². The summed E-state index contributed by atoms with van der Waals surface area (Å²) < 4.78 is 10.1. The third-order valence-corrected chi connectivity index (χ3v) is 2.39. The average molecular weight is 259 g/mol. The van der Waals surface area contributed by atoms with Crippen LogP contribution in [0.25, 0.3) is 0 Å². The number of benzene rings is 1. The van der Waals surface area contributed by atoms with E-state index in [0.29, 0.717) is 12.3 Å². The molecule has 2 N–H and O–H groups in total. The second-order valence-electron chi connectivity index (χ2n) is 3.68. The molecule has 2 rings (SSSR count). The smallest absolute Gasteiger partial charge is 0.358 e. The topological polar surface area (TPSA) is 87.3 Å². The van der Waals surface area contributed by atoms with Gasteiger partial charge in [-0.15, -0.1) is 0 Å². The van der Waals surface area contributed by atoms with Crippen molar-refractivity contribution in [1.82, 2.24) is 9.97 Å². The van der Waals surface area contributed by atoms with Gasteiger partial charge in [-0.2, -0.15) is 0 Å². The maximum Gasteiger partial charge on any atom is 0.358 e. The number of rotatable bonds is 4. The summed E-state index contributed by atoms with van der Waals surface area (Å²) in [5.74, 6) is 0.258. The van der Waals surface area contributed by atoms with Crippen LogP contribution in [0.1, 0.15) is 16.1 Å². The van der Waals surface area contributed by atoms with Crippen molar-refractivity contribution in [2.75, 3.05) is 7.11 Å². The Morgan fingerprint density at radius 3 is 2.63 bits per heavy atom. The van der Waals surface area contributed by atoms with E-state index in [1.807, 2.05) is 12.1 Å². The van der Waals surface area contributed by atoms with Gasteiger partial charge in [-0.1, -0.05) is 12.1 Å². The van der Waals surface area contributed by atoms with Crippen LogP contribution in [0.15, 0.2) is 36.7 Å². The van der Waals surface area contributed by atoms with Crippen LogP contribution < -0.4 is 10.5 Å². The predicted octanol–water partition coefficient (Wildman–Crippen LogP) is 1.51. The lowest BCUT2D eigenvalue weighted by molar-refractivity contribution is 0.0592. The summed E-state index contributed by atoms with van der Waals surface area (Å²) in [5, 5.41) is 0. The second-order valence-corrected chi connectivity index (χ2v) is 3.68. The number of hydrogen-bond donors (Lipinski definition) is 1. The highest BCUT2D eigenvalue weighted by atomic mass is 16.5. The molecule has 6 nitrogen and oxygen atoms in total. The summed E-state index contributed by atoms with van der Waals surface area (Å²) in [6.45, 7) is 0.470. The Morgan fingerprint density at radius 1 is 1.26 bits per heavy atom. The Morgan fingerprint density at radius 2 is 2.00 bits per heavy atom. The minimum Gasteiger partial charge on any atom is -0.464 e. The molecule has 1 aromatic carbocycles. The Bertz CT molecular complexity index is 570. The van der Waals surface area contributed by atoms with E-state index >= 15 is 0 Å². The monoisotopic (exact) mass is 259 g/mol. The number of hydrogen-bond acceptors (Lipinski definition) is 6. The van der Waals surface area contributed by atoms with Gasteiger partial charge in [-0.3, -0.25) is 4.98 Å². The highest BCUT2D eigenvalue weighted by molar-refractivity contribution is 5.86. The molecule has 98 valence electrons. The lowest BCUT2D eigenvalue weighted by Gasteiger charge is -2.06. The van der Waals surface area contributed by atoms with Gasteiger partial charge in [0.15, 0.2) is 5.69 Å². The molecule has 0 fully saturated rings. The van der Waals surface area contributed by atoms with Crippen molar-refractivity contribution in [3.63, 3.8) is 0 Å². The van der Waals surface area contributed by atoms with Crippen LogP contribution in [0.2, 0.25) is 0 Å². The molecule has 0 radical (unpaired) electrons. The van der Waals surface area contributed by atoms with Crippen LogP contribution in [0.5, 0.6) is 11.6 Å². The normalized spacial score (nSPS) is 10.0. The van der Waals surface area contributed by atoms with E-state index < -0.39 is 5.97 Å². The highest BCUT2D eigenvalue weighted by Gasteiger charge is 2.09. The van der Waals surface area contributed by atoms with Gasteiger partial charge in [0.1, 0.15) is 5.75 Å².